The van der Waals surface area contributed by atoms with Gasteiger partial charge in [-0.15, -0.1) is 0 Å². The van der Waals surface area contributed by atoms with Crippen molar-refractivity contribution in [3.63, 3.8) is 0 Å². The monoisotopic (exact) mass is 262 g/mol. The number of likely N-dealkylation sites (N-methyl/N-ethyl adjacent to an activating group) is 1. The van der Waals surface area contributed by atoms with Crippen molar-refractivity contribution < 1.29 is 8.81 Å². The van der Waals surface area contributed by atoms with E-state index in [1.807, 2.05) is 37.1 Å². The molecule has 1 atom stereocenters. The third-order valence-corrected chi connectivity index (χ3v) is 3.22. The van der Waals surface area contributed by atoms with Gasteiger partial charge in [0.2, 0.25) is 0 Å². The van der Waals surface area contributed by atoms with E-state index in [-0.39, 0.29) is 11.9 Å². The largest absolute Gasteiger partial charge is 0.465 e. The standard InChI is InChI=1S/C15H19FN2O/c1-11-7-8-12(19-11)10-18(2)15(9-17)13-5-3-4-6-14(13)16/h3-8,15H,9-10,17H2,1-2H3. The molecule has 0 saturated carbocycles. The third kappa shape index (κ3) is 3.22. The topological polar surface area (TPSA) is 42.4 Å². The second-order valence-electron chi connectivity index (χ2n) is 4.70. The van der Waals surface area contributed by atoms with Crippen LogP contribution in [-0.2, 0) is 6.54 Å². The van der Waals surface area contributed by atoms with Crippen LogP contribution in [0, 0.1) is 12.7 Å². The zero-order valence-electron chi connectivity index (χ0n) is 11.3. The van der Waals surface area contributed by atoms with Crippen LogP contribution in [-0.4, -0.2) is 18.5 Å². The summed E-state index contributed by atoms with van der Waals surface area (Å²) in [6.07, 6.45) is 0. The summed E-state index contributed by atoms with van der Waals surface area (Å²) in [7, 11) is 1.92. The summed E-state index contributed by atoms with van der Waals surface area (Å²) in [5.74, 6) is 1.51. The van der Waals surface area contributed by atoms with Crippen LogP contribution >= 0.6 is 0 Å². The Balaban J connectivity index is 2.15. The highest BCUT2D eigenvalue weighted by Crippen LogP contribution is 2.23. The van der Waals surface area contributed by atoms with Crippen molar-refractivity contribution in [1.29, 1.82) is 0 Å². The van der Waals surface area contributed by atoms with E-state index >= 15 is 0 Å². The van der Waals surface area contributed by atoms with E-state index in [2.05, 4.69) is 0 Å². The lowest BCUT2D eigenvalue weighted by molar-refractivity contribution is 0.217. The molecule has 0 amide bonds. The first-order chi connectivity index (χ1) is 9.11. The van der Waals surface area contributed by atoms with Gasteiger partial charge < -0.3 is 10.2 Å². The van der Waals surface area contributed by atoms with E-state index < -0.39 is 0 Å². The Labute approximate surface area is 112 Å². The van der Waals surface area contributed by atoms with Crippen LogP contribution in [0.3, 0.4) is 0 Å². The Morgan fingerprint density at radius 1 is 1.26 bits per heavy atom. The molecule has 1 aromatic heterocycles. The van der Waals surface area contributed by atoms with E-state index in [4.69, 9.17) is 10.2 Å². The van der Waals surface area contributed by atoms with Crippen molar-refractivity contribution in [3.05, 3.63) is 59.3 Å². The molecule has 2 aromatic rings. The maximum Gasteiger partial charge on any atom is 0.128 e. The van der Waals surface area contributed by atoms with Crippen LogP contribution in [0.4, 0.5) is 4.39 Å². The number of aryl methyl sites for hydroxylation is 1. The fourth-order valence-electron chi connectivity index (χ4n) is 2.22. The number of benzene rings is 1. The van der Waals surface area contributed by atoms with Gasteiger partial charge in [-0.1, -0.05) is 18.2 Å². The fraction of sp³-hybridized carbons (Fsp3) is 0.333. The smallest absolute Gasteiger partial charge is 0.128 e. The average Bonchev–Trinajstić information content (AvgIpc) is 2.78. The fourth-order valence-corrected chi connectivity index (χ4v) is 2.22. The van der Waals surface area contributed by atoms with Gasteiger partial charge in [0.25, 0.3) is 0 Å². The first kappa shape index (κ1) is 13.8. The number of hydrogen-bond donors (Lipinski definition) is 1. The molecule has 0 aliphatic heterocycles. The third-order valence-electron chi connectivity index (χ3n) is 3.22. The molecular formula is C15H19FN2O. The first-order valence-electron chi connectivity index (χ1n) is 6.32. The second-order valence-corrected chi connectivity index (χ2v) is 4.70. The molecular weight excluding hydrogens is 243 g/mol. The van der Waals surface area contributed by atoms with Gasteiger partial charge in [-0.2, -0.15) is 0 Å². The number of halogens is 1. The molecule has 3 nitrogen and oxygen atoms in total. The molecule has 0 fully saturated rings. The van der Waals surface area contributed by atoms with Crippen molar-refractivity contribution in [2.75, 3.05) is 13.6 Å². The highest BCUT2D eigenvalue weighted by atomic mass is 19.1. The molecule has 0 aliphatic rings. The maximum absolute atomic E-state index is 13.8. The molecule has 2 N–H and O–H groups in total. The normalized spacial score (nSPS) is 12.9. The van der Waals surface area contributed by atoms with Crippen LogP contribution in [0.25, 0.3) is 0 Å². The van der Waals surface area contributed by atoms with Crippen molar-refractivity contribution in [2.45, 2.75) is 19.5 Å². The molecule has 1 heterocycles. The summed E-state index contributed by atoms with van der Waals surface area (Å²) in [6, 6.07) is 10.4. The lowest BCUT2D eigenvalue weighted by Crippen LogP contribution is -2.30. The number of rotatable bonds is 5. The number of hydrogen-bond acceptors (Lipinski definition) is 3. The van der Waals surface area contributed by atoms with Gasteiger partial charge in [0, 0.05) is 12.1 Å². The highest BCUT2D eigenvalue weighted by Gasteiger charge is 2.19. The van der Waals surface area contributed by atoms with Gasteiger partial charge in [-0.25, -0.2) is 4.39 Å². The van der Waals surface area contributed by atoms with Crippen molar-refractivity contribution in [2.24, 2.45) is 5.73 Å². The lowest BCUT2D eigenvalue weighted by Gasteiger charge is -2.26. The van der Waals surface area contributed by atoms with Gasteiger partial charge in [0.05, 0.1) is 12.6 Å². The molecule has 102 valence electrons. The Morgan fingerprint density at radius 3 is 2.58 bits per heavy atom. The van der Waals surface area contributed by atoms with Crippen LogP contribution in [0.2, 0.25) is 0 Å². The molecule has 0 radical (unpaired) electrons. The molecule has 4 heteroatoms. The first-order valence-corrected chi connectivity index (χ1v) is 6.32. The number of nitrogens with zero attached hydrogens (tertiary/aromatic N) is 1. The minimum Gasteiger partial charge on any atom is -0.465 e. The number of furan rings is 1. The zero-order chi connectivity index (χ0) is 13.8. The van der Waals surface area contributed by atoms with Gasteiger partial charge in [0.15, 0.2) is 0 Å². The van der Waals surface area contributed by atoms with Crippen LogP contribution < -0.4 is 5.73 Å². The Bertz CT molecular complexity index is 538. The van der Waals surface area contributed by atoms with Crippen LogP contribution in [0.5, 0.6) is 0 Å². The quantitative estimate of drug-likeness (QED) is 0.901. The van der Waals surface area contributed by atoms with Crippen molar-refractivity contribution in [1.82, 2.24) is 4.90 Å². The van der Waals surface area contributed by atoms with Gasteiger partial charge in [-0.05, 0) is 32.2 Å². The second kappa shape index (κ2) is 5.99. The molecule has 19 heavy (non-hydrogen) atoms. The summed E-state index contributed by atoms with van der Waals surface area (Å²) in [6.45, 7) is 2.86. The molecule has 1 aromatic carbocycles. The van der Waals surface area contributed by atoms with Gasteiger partial charge in [0.1, 0.15) is 17.3 Å². The Kier molecular flexibility index (Phi) is 4.35. The summed E-state index contributed by atoms with van der Waals surface area (Å²) in [5.41, 5.74) is 6.42. The predicted octanol–water partition coefficient (Wildman–Crippen LogP) is 2.86. The van der Waals surface area contributed by atoms with Gasteiger partial charge >= 0.3 is 0 Å². The number of nitrogens with two attached hydrogens (primary N) is 1. The highest BCUT2D eigenvalue weighted by molar-refractivity contribution is 5.21. The van der Waals surface area contributed by atoms with E-state index in [0.29, 0.717) is 18.7 Å². The Hall–Kier alpha value is -1.65. The minimum atomic E-state index is -0.222. The molecule has 0 bridgehead atoms. The zero-order valence-corrected chi connectivity index (χ0v) is 11.3. The minimum absolute atomic E-state index is 0.161. The molecule has 0 aliphatic carbocycles. The Morgan fingerprint density at radius 2 is 2.00 bits per heavy atom. The van der Waals surface area contributed by atoms with E-state index in [0.717, 1.165) is 11.5 Å². The summed E-state index contributed by atoms with van der Waals surface area (Å²) < 4.78 is 19.4. The summed E-state index contributed by atoms with van der Waals surface area (Å²) in [5, 5.41) is 0. The van der Waals surface area contributed by atoms with E-state index in [1.165, 1.54) is 6.07 Å². The molecule has 0 spiro atoms. The molecule has 0 saturated heterocycles. The predicted molar refractivity (Wildman–Crippen MR) is 73.1 cm³/mol. The van der Waals surface area contributed by atoms with Crippen LogP contribution in [0.15, 0.2) is 40.8 Å². The van der Waals surface area contributed by atoms with Gasteiger partial charge in [-0.3, -0.25) is 4.90 Å². The van der Waals surface area contributed by atoms with E-state index in [9.17, 15) is 4.39 Å². The average molecular weight is 262 g/mol. The molecule has 1 unspecified atom stereocenters. The SMILES string of the molecule is Cc1ccc(CN(C)C(CN)c2ccccc2F)o1. The summed E-state index contributed by atoms with van der Waals surface area (Å²) >= 11 is 0. The lowest BCUT2D eigenvalue weighted by atomic mass is 10.1. The maximum atomic E-state index is 13.8. The molecule has 2 rings (SSSR count). The summed E-state index contributed by atoms with van der Waals surface area (Å²) in [4.78, 5) is 2.00. The van der Waals surface area contributed by atoms with Crippen molar-refractivity contribution in [3.8, 4) is 0 Å². The van der Waals surface area contributed by atoms with E-state index in [1.54, 1.807) is 12.1 Å². The van der Waals surface area contributed by atoms with Crippen molar-refractivity contribution >= 4 is 0 Å². The van der Waals surface area contributed by atoms with Crippen LogP contribution in [0.1, 0.15) is 23.1 Å².